The molecule has 1 aromatic carbocycles. The van der Waals surface area contributed by atoms with Crippen LogP contribution < -0.4 is 4.90 Å². The van der Waals surface area contributed by atoms with Crippen LogP contribution in [0.15, 0.2) is 40.0 Å². The molecule has 5 nitrogen and oxygen atoms in total. The number of halogens is 1. The fraction of sp³-hybridized carbons (Fsp3) is 0.360. The summed E-state index contributed by atoms with van der Waals surface area (Å²) in [6.45, 7) is 0. The normalized spacial score (nSPS) is 22.8. The van der Waals surface area contributed by atoms with Gasteiger partial charge in [-0.15, -0.1) is 11.3 Å². The monoisotopic (exact) mass is 504 g/mol. The van der Waals surface area contributed by atoms with Crippen LogP contribution in [0.25, 0.3) is 0 Å². The molecule has 2 unspecified atom stereocenters. The number of amidine groups is 1. The van der Waals surface area contributed by atoms with Crippen LogP contribution >= 0.6 is 27.3 Å². The van der Waals surface area contributed by atoms with Crippen molar-refractivity contribution in [2.75, 3.05) is 4.90 Å². The van der Waals surface area contributed by atoms with Gasteiger partial charge in [0, 0.05) is 33.0 Å². The number of Topliss-reactive ketones (excluding diaryl/α,β-unsaturated/α-hetero) is 1. The molecule has 32 heavy (non-hydrogen) atoms. The third-order valence-electron chi connectivity index (χ3n) is 6.71. The maximum atomic E-state index is 13.2. The fourth-order valence-corrected chi connectivity index (χ4v) is 6.90. The van der Waals surface area contributed by atoms with Crippen molar-refractivity contribution in [1.82, 2.24) is 0 Å². The quantitative estimate of drug-likeness (QED) is 0.543. The summed E-state index contributed by atoms with van der Waals surface area (Å²) < 4.78 is 0.925. The van der Waals surface area contributed by atoms with E-state index in [0.717, 1.165) is 58.4 Å². The highest BCUT2D eigenvalue weighted by Crippen LogP contribution is 2.49. The molecule has 2 atom stereocenters. The number of nitrogens with one attached hydrogen (secondary N) is 1. The van der Waals surface area contributed by atoms with Gasteiger partial charge in [0.2, 0.25) is 0 Å². The lowest BCUT2D eigenvalue weighted by molar-refractivity contribution is -0.116. The number of anilines is 1. The number of ketones is 1. The molecule has 0 fully saturated rings. The van der Waals surface area contributed by atoms with Crippen LogP contribution in [0, 0.1) is 34.0 Å². The lowest BCUT2D eigenvalue weighted by Crippen LogP contribution is -2.45. The number of carbonyl (C=O) groups excluding carboxylic acids is 1. The van der Waals surface area contributed by atoms with Gasteiger partial charge in [0.05, 0.1) is 11.6 Å². The second kappa shape index (κ2) is 8.31. The van der Waals surface area contributed by atoms with E-state index in [2.05, 4.69) is 28.1 Å². The number of benzene rings is 1. The standard InChI is InChI=1S/C25H21BrN4OS/c26-15-10-8-14(9-11-15)22-18(13-28)24(29)30(19-5-3-6-20(31)23(19)22)25-17(12-27)16-4-1-2-7-21(16)32-25/h8-11,18,22,29H,1-7H2. The summed E-state index contributed by atoms with van der Waals surface area (Å²) in [5.74, 6) is -1.02. The topological polar surface area (TPSA) is 91.7 Å². The smallest absolute Gasteiger partial charge is 0.161 e. The van der Waals surface area contributed by atoms with Crippen molar-refractivity contribution in [2.24, 2.45) is 5.92 Å². The van der Waals surface area contributed by atoms with Gasteiger partial charge >= 0.3 is 0 Å². The lowest BCUT2D eigenvalue weighted by Gasteiger charge is -2.41. The SMILES string of the molecule is N#Cc1c(N2C(=N)C(C#N)C(c3ccc(Br)cc3)C3=C2CCCC3=O)sc2c1CCCC2. The Morgan fingerprint density at radius 2 is 1.81 bits per heavy atom. The first-order chi connectivity index (χ1) is 15.5. The largest absolute Gasteiger partial charge is 0.294 e. The number of carbonyl (C=O) groups is 1. The van der Waals surface area contributed by atoms with E-state index in [0.29, 0.717) is 24.0 Å². The molecule has 7 heteroatoms. The second-order valence-electron chi connectivity index (χ2n) is 8.50. The van der Waals surface area contributed by atoms with Crippen LogP contribution in [0.5, 0.6) is 0 Å². The van der Waals surface area contributed by atoms with E-state index in [9.17, 15) is 15.3 Å². The molecule has 3 aliphatic rings. The average Bonchev–Trinajstić information content (AvgIpc) is 3.17. The summed E-state index contributed by atoms with van der Waals surface area (Å²) in [5, 5.41) is 30.0. The molecule has 160 valence electrons. The van der Waals surface area contributed by atoms with Crippen LogP contribution in [0.2, 0.25) is 0 Å². The van der Waals surface area contributed by atoms with Crippen molar-refractivity contribution in [3.63, 3.8) is 0 Å². The Morgan fingerprint density at radius 3 is 2.53 bits per heavy atom. The molecule has 0 saturated carbocycles. The van der Waals surface area contributed by atoms with E-state index in [1.54, 1.807) is 16.2 Å². The van der Waals surface area contributed by atoms with Gasteiger partial charge in [0.25, 0.3) is 0 Å². The Bertz CT molecular complexity index is 1240. The molecule has 1 aromatic heterocycles. The highest BCUT2D eigenvalue weighted by molar-refractivity contribution is 9.10. The molecule has 2 heterocycles. The second-order valence-corrected chi connectivity index (χ2v) is 10.5. The van der Waals surface area contributed by atoms with Crippen molar-refractivity contribution in [1.29, 1.82) is 15.9 Å². The first kappa shape index (κ1) is 21.1. The number of fused-ring (bicyclic) bond motifs is 1. The summed E-state index contributed by atoms with van der Waals surface area (Å²) in [6, 6.07) is 12.4. The maximum absolute atomic E-state index is 13.2. The third-order valence-corrected chi connectivity index (χ3v) is 8.52. The lowest BCUT2D eigenvalue weighted by atomic mass is 9.72. The van der Waals surface area contributed by atoms with Crippen LogP contribution in [0.3, 0.4) is 0 Å². The van der Waals surface area contributed by atoms with Crippen molar-refractivity contribution >= 4 is 43.9 Å². The zero-order valence-electron chi connectivity index (χ0n) is 17.4. The predicted octanol–water partition coefficient (Wildman–Crippen LogP) is 5.99. The van der Waals surface area contributed by atoms with Crippen molar-refractivity contribution < 1.29 is 4.79 Å². The Hall–Kier alpha value is -2.74. The summed E-state index contributed by atoms with van der Waals surface area (Å²) in [7, 11) is 0. The van der Waals surface area contributed by atoms with Gasteiger partial charge in [-0.3, -0.25) is 15.1 Å². The van der Waals surface area contributed by atoms with E-state index in [1.807, 2.05) is 24.3 Å². The average molecular weight is 505 g/mol. The Kier molecular flexibility index (Phi) is 5.49. The zero-order valence-corrected chi connectivity index (χ0v) is 19.9. The Labute approximate surface area is 199 Å². The van der Waals surface area contributed by atoms with Gasteiger partial charge in [-0.1, -0.05) is 28.1 Å². The molecule has 0 bridgehead atoms. The molecule has 1 N–H and O–H groups in total. The molecule has 0 spiro atoms. The summed E-state index contributed by atoms with van der Waals surface area (Å²) in [4.78, 5) is 16.2. The number of rotatable bonds is 2. The van der Waals surface area contributed by atoms with E-state index >= 15 is 0 Å². The molecule has 0 radical (unpaired) electrons. The molecule has 0 amide bonds. The number of thiophene rings is 1. The zero-order chi connectivity index (χ0) is 22.4. The number of nitrogens with zero attached hydrogens (tertiary/aromatic N) is 3. The molecule has 2 aromatic rings. The van der Waals surface area contributed by atoms with Gasteiger partial charge in [0.1, 0.15) is 22.8 Å². The van der Waals surface area contributed by atoms with Gasteiger partial charge in [-0.05, 0) is 61.8 Å². The third kappa shape index (κ3) is 3.23. The highest BCUT2D eigenvalue weighted by atomic mass is 79.9. The van der Waals surface area contributed by atoms with E-state index < -0.39 is 11.8 Å². The van der Waals surface area contributed by atoms with Crippen molar-refractivity contribution in [2.45, 2.75) is 50.9 Å². The van der Waals surface area contributed by atoms with Crippen LogP contribution in [-0.2, 0) is 17.6 Å². The van der Waals surface area contributed by atoms with E-state index in [1.165, 1.54) is 4.88 Å². The number of hydrogen-bond acceptors (Lipinski definition) is 5. The molecular formula is C25H21BrN4OS. The van der Waals surface area contributed by atoms with Gasteiger partial charge in [-0.2, -0.15) is 10.5 Å². The number of hydrogen-bond donors (Lipinski definition) is 1. The van der Waals surface area contributed by atoms with Gasteiger partial charge < -0.3 is 0 Å². The minimum atomic E-state index is -0.789. The molecular weight excluding hydrogens is 484 g/mol. The van der Waals surface area contributed by atoms with E-state index in [4.69, 9.17) is 5.41 Å². The highest BCUT2D eigenvalue weighted by Gasteiger charge is 2.46. The number of allylic oxidation sites excluding steroid dienone is 2. The fourth-order valence-electron chi connectivity index (χ4n) is 5.26. The summed E-state index contributed by atoms with van der Waals surface area (Å²) >= 11 is 5.02. The predicted molar refractivity (Wildman–Crippen MR) is 128 cm³/mol. The first-order valence-corrected chi connectivity index (χ1v) is 12.5. The number of nitriles is 2. The molecule has 2 aliphatic carbocycles. The van der Waals surface area contributed by atoms with Crippen molar-refractivity contribution in [3.8, 4) is 12.1 Å². The van der Waals surface area contributed by atoms with E-state index in [-0.39, 0.29) is 11.6 Å². The molecule has 0 saturated heterocycles. The maximum Gasteiger partial charge on any atom is 0.161 e. The first-order valence-electron chi connectivity index (χ1n) is 10.9. The Balaban J connectivity index is 1.74. The number of aryl methyl sites for hydroxylation is 1. The van der Waals surface area contributed by atoms with Gasteiger partial charge in [0.15, 0.2) is 5.78 Å². The molecule has 5 rings (SSSR count). The Morgan fingerprint density at radius 1 is 1.06 bits per heavy atom. The van der Waals surface area contributed by atoms with Gasteiger partial charge in [-0.25, -0.2) is 0 Å². The summed E-state index contributed by atoms with van der Waals surface area (Å²) in [5.41, 5.74) is 4.05. The van der Waals surface area contributed by atoms with Crippen molar-refractivity contribution in [3.05, 3.63) is 61.6 Å². The molecule has 1 aliphatic heterocycles. The van der Waals surface area contributed by atoms with Crippen LogP contribution in [0.1, 0.15) is 59.6 Å². The minimum absolute atomic E-state index is 0.0525. The van der Waals surface area contributed by atoms with Crippen LogP contribution in [0.4, 0.5) is 5.00 Å². The minimum Gasteiger partial charge on any atom is -0.294 e. The summed E-state index contributed by atoms with van der Waals surface area (Å²) in [6.07, 6.45) is 5.84. The van der Waals surface area contributed by atoms with Crippen LogP contribution in [-0.4, -0.2) is 11.6 Å².